The summed E-state index contributed by atoms with van der Waals surface area (Å²) in [5.41, 5.74) is 11.1. The third-order valence-corrected chi connectivity index (χ3v) is 3.73. The number of hydrogen-bond donors (Lipinski definition) is 1. The van der Waals surface area contributed by atoms with Crippen molar-refractivity contribution in [3.63, 3.8) is 0 Å². The molecule has 2 N–H and O–H groups in total. The first-order valence-corrected chi connectivity index (χ1v) is 7.60. The van der Waals surface area contributed by atoms with E-state index in [1.165, 1.54) is 5.56 Å². The summed E-state index contributed by atoms with van der Waals surface area (Å²) in [6.07, 6.45) is 0.916. The second kappa shape index (κ2) is 5.55. The molecule has 0 bridgehead atoms. The van der Waals surface area contributed by atoms with Crippen molar-refractivity contribution in [3.05, 3.63) is 35.5 Å². The first-order chi connectivity index (χ1) is 9.69. The van der Waals surface area contributed by atoms with Gasteiger partial charge in [0.15, 0.2) is 0 Å². The zero-order valence-corrected chi connectivity index (χ0v) is 14.1. The Morgan fingerprint density at radius 1 is 1.14 bits per heavy atom. The topological polar surface area (TPSA) is 43.8 Å². The summed E-state index contributed by atoms with van der Waals surface area (Å²) in [5, 5.41) is 4.62. The Morgan fingerprint density at radius 2 is 1.71 bits per heavy atom. The Kier molecular flexibility index (Phi) is 4.13. The number of rotatable bonds is 3. The van der Waals surface area contributed by atoms with E-state index in [0.29, 0.717) is 5.92 Å². The average molecular weight is 285 g/mol. The number of nitrogens with two attached hydrogens (primary N) is 1. The predicted octanol–water partition coefficient (Wildman–Crippen LogP) is 4.38. The molecule has 0 amide bonds. The van der Waals surface area contributed by atoms with Gasteiger partial charge in [-0.15, -0.1) is 0 Å². The molecule has 0 aliphatic carbocycles. The first kappa shape index (κ1) is 15.6. The molecular formula is C18H27N3. The highest BCUT2D eigenvalue weighted by Crippen LogP contribution is 2.33. The zero-order valence-electron chi connectivity index (χ0n) is 14.1. The van der Waals surface area contributed by atoms with Crippen molar-refractivity contribution in [1.82, 2.24) is 9.78 Å². The molecule has 3 heteroatoms. The molecule has 114 valence electrons. The Morgan fingerprint density at radius 3 is 2.19 bits per heavy atom. The summed E-state index contributed by atoms with van der Waals surface area (Å²) in [7, 11) is 1.91. The number of hydrogen-bond acceptors (Lipinski definition) is 2. The molecule has 0 atom stereocenters. The lowest BCUT2D eigenvalue weighted by Gasteiger charge is -2.17. The maximum absolute atomic E-state index is 6.25. The van der Waals surface area contributed by atoms with Crippen LogP contribution in [0.5, 0.6) is 0 Å². The molecule has 3 nitrogen and oxygen atoms in total. The van der Waals surface area contributed by atoms with Crippen molar-refractivity contribution in [3.8, 4) is 11.1 Å². The molecule has 0 aliphatic heterocycles. The summed E-state index contributed by atoms with van der Waals surface area (Å²) < 4.78 is 1.78. The Bertz CT molecular complexity index is 613. The molecule has 0 saturated heterocycles. The van der Waals surface area contributed by atoms with Crippen LogP contribution >= 0.6 is 0 Å². The van der Waals surface area contributed by atoms with Crippen molar-refractivity contribution in [1.29, 1.82) is 0 Å². The van der Waals surface area contributed by atoms with E-state index in [1.54, 1.807) is 4.68 Å². The van der Waals surface area contributed by atoms with Crippen LogP contribution in [-0.2, 0) is 13.5 Å². The largest absolute Gasteiger partial charge is 0.383 e. The van der Waals surface area contributed by atoms with Gasteiger partial charge in [0.2, 0.25) is 0 Å². The van der Waals surface area contributed by atoms with Crippen molar-refractivity contribution in [2.75, 3.05) is 5.73 Å². The quantitative estimate of drug-likeness (QED) is 0.909. The van der Waals surface area contributed by atoms with Crippen molar-refractivity contribution < 1.29 is 0 Å². The van der Waals surface area contributed by atoms with Crippen molar-refractivity contribution in [2.24, 2.45) is 12.5 Å². The Hall–Kier alpha value is -1.77. The van der Waals surface area contributed by atoms with E-state index in [4.69, 9.17) is 5.73 Å². The lowest BCUT2D eigenvalue weighted by atomic mass is 9.88. The van der Waals surface area contributed by atoms with Gasteiger partial charge in [-0.25, -0.2) is 0 Å². The highest BCUT2D eigenvalue weighted by atomic mass is 15.3. The van der Waals surface area contributed by atoms with Crippen LogP contribution in [0.15, 0.2) is 24.3 Å². The second-order valence-electron chi connectivity index (χ2n) is 7.34. The van der Waals surface area contributed by atoms with Crippen LogP contribution in [0.3, 0.4) is 0 Å². The second-order valence-corrected chi connectivity index (χ2v) is 7.34. The molecule has 21 heavy (non-hydrogen) atoms. The maximum atomic E-state index is 6.25. The number of benzene rings is 1. The van der Waals surface area contributed by atoms with Gasteiger partial charge in [0.25, 0.3) is 0 Å². The van der Waals surface area contributed by atoms with Crippen LogP contribution in [-0.4, -0.2) is 9.78 Å². The van der Waals surface area contributed by atoms with Crippen LogP contribution in [0.2, 0.25) is 0 Å². The third kappa shape index (κ3) is 3.46. The zero-order chi connectivity index (χ0) is 15.8. The fourth-order valence-electron chi connectivity index (χ4n) is 2.57. The standard InChI is InChI=1S/C18H27N3/c1-12(2)13-7-9-14(10-8-13)16-15(11-18(3,4)5)20-21(6)17(16)19/h7-10,12H,11,19H2,1-6H3. The number of aromatic nitrogens is 2. The van der Waals surface area contributed by atoms with E-state index < -0.39 is 0 Å². The molecule has 2 aromatic rings. The normalized spacial score (nSPS) is 12.1. The van der Waals surface area contributed by atoms with E-state index >= 15 is 0 Å². The Labute approximate surface area is 128 Å². The predicted molar refractivity (Wildman–Crippen MR) is 90.3 cm³/mol. The van der Waals surface area contributed by atoms with Gasteiger partial charge in [0.1, 0.15) is 5.82 Å². The minimum atomic E-state index is 0.188. The molecule has 0 aliphatic rings. The molecular weight excluding hydrogens is 258 g/mol. The molecule has 1 aromatic carbocycles. The summed E-state index contributed by atoms with van der Waals surface area (Å²) in [6, 6.07) is 8.70. The van der Waals surface area contributed by atoms with Gasteiger partial charge in [-0.1, -0.05) is 58.9 Å². The van der Waals surface area contributed by atoms with E-state index in [1.807, 2.05) is 7.05 Å². The number of nitrogen functional groups attached to an aromatic ring is 1. The fourth-order valence-corrected chi connectivity index (χ4v) is 2.57. The average Bonchev–Trinajstić information content (AvgIpc) is 2.62. The number of aryl methyl sites for hydroxylation is 1. The lowest BCUT2D eigenvalue weighted by molar-refractivity contribution is 0.405. The SMILES string of the molecule is CC(C)c1ccc(-c2c(CC(C)(C)C)nn(C)c2N)cc1. The van der Waals surface area contributed by atoms with Crippen molar-refractivity contribution in [2.45, 2.75) is 47.0 Å². The van der Waals surface area contributed by atoms with Crippen molar-refractivity contribution >= 4 is 5.82 Å². The van der Waals surface area contributed by atoms with Gasteiger partial charge < -0.3 is 5.73 Å². The Balaban J connectivity index is 2.47. The van der Waals surface area contributed by atoms with Gasteiger partial charge in [-0.3, -0.25) is 4.68 Å². The molecule has 0 unspecified atom stereocenters. The summed E-state index contributed by atoms with van der Waals surface area (Å²) in [4.78, 5) is 0. The van der Waals surface area contributed by atoms with Crippen LogP contribution < -0.4 is 5.73 Å². The molecule has 0 fully saturated rings. The third-order valence-electron chi connectivity index (χ3n) is 3.73. The number of anilines is 1. The molecule has 1 aromatic heterocycles. The van der Waals surface area contributed by atoms with E-state index in [-0.39, 0.29) is 5.41 Å². The van der Waals surface area contributed by atoms with Crippen LogP contribution in [0.25, 0.3) is 11.1 Å². The molecule has 2 rings (SSSR count). The van der Waals surface area contributed by atoms with Gasteiger partial charge in [0.05, 0.1) is 5.69 Å². The van der Waals surface area contributed by atoms with Crippen LogP contribution in [0.4, 0.5) is 5.82 Å². The van der Waals surface area contributed by atoms with Crippen LogP contribution in [0, 0.1) is 5.41 Å². The van der Waals surface area contributed by atoms with Gasteiger partial charge in [0, 0.05) is 12.6 Å². The molecule has 0 saturated carbocycles. The summed E-state index contributed by atoms with van der Waals surface area (Å²) >= 11 is 0. The van der Waals surface area contributed by atoms with Gasteiger partial charge >= 0.3 is 0 Å². The van der Waals surface area contributed by atoms with Crippen LogP contribution in [0.1, 0.15) is 51.8 Å². The molecule has 0 radical (unpaired) electrons. The smallest absolute Gasteiger partial charge is 0.129 e. The highest BCUT2D eigenvalue weighted by molar-refractivity contribution is 5.76. The summed E-state index contributed by atoms with van der Waals surface area (Å²) in [6.45, 7) is 11.1. The van der Waals surface area contributed by atoms with E-state index in [0.717, 1.165) is 29.1 Å². The monoisotopic (exact) mass is 285 g/mol. The highest BCUT2D eigenvalue weighted by Gasteiger charge is 2.21. The lowest BCUT2D eigenvalue weighted by Crippen LogP contribution is -2.10. The minimum Gasteiger partial charge on any atom is -0.383 e. The minimum absolute atomic E-state index is 0.188. The maximum Gasteiger partial charge on any atom is 0.129 e. The molecule has 1 heterocycles. The number of nitrogens with zero attached hydrogens (tertiary/aromatic N) is 2. The summed E-state index contributed by atoms with van der Waals surface area (Å²) in [5.74, 6) is 1.28. The first-order valence-electron chi connectivity index (χ1n) is 7.60. The van der Waals surface area contributed by atoms with Gasteiger partial charge in [-0.2, -0.15) is 5.10 Å². The fraction of sp³-hybridized carbons (Fsp3) is 0.500. The van der Waals surface area contributed by atoms with E-state index in [9.17, 15) is 0 Å². The van der Waals surface area contributed by atoms with E-state index in [2.05, 4.69) is 64.0 Å². The van der Waals surface area contributed by atoms with Gasteiger partial charge in [-0.05, 0) is 28.9 Å². The molecule has 0 spiro atoms.